The molecule has 144 heavy (non-hydrogen) atoms. The predicted molar refractivity (Wildman–Crippen MR) is 623 cm³/mol. The first-order valence-electron chi connectivity index (χ1n) is 62.0. The lowest BCUT2D eigenvalue weighted by Gasteiger charge is -2.19. The van der Waals surface area contributed by atoms with Crippen LogP contribution >= 0.6 is 0 Å². The topological polar surface area (TPSA) is 0 Å². The summed E-state index contributed by atoms with van der Waals surface area (Å²) in [5.74, 6) is 0. The standard InChI is InChI=1S/3C48H28/c3*1-2-6-36-27-37(16-11-29(36)5-1)40-23-21-38(39-22-17-34-14-12-30-7-3-9-32-19-25-42(39)47(34)45(30)32)28-44(40)41-24-18-35-15-13-31-8-4-10-33-20-26-43(41)48(35)46(31)33/h3*1-28H/i3D,4D,7D,8D,9D,10D,12D,13D,14D,15D,17D,18D,19D,20D,22D,24D,25D,26D;1D,2D,5D,6D,11D,16D,27D;21D,23D,28D. The van der Waals surface area contributed by atoms with Crippen molar-refractivity contribution in [1.82, 2.24) is 0 Å². The zero-order valence-electron chi connectivity index (χ0n) is 104. The van der Waals surface area contributed by atoms with Crippen molar-refractivity contribution in [3.8, 4) is 100 Å². The van der Waals surface area contributed by atoms with E-state index in [0.29, 0.717) is 33.4 Å². The monoisotopic (exact) mass is 1840 g/mol. The van der Waals surface area contributed by atoms with Gasteiger partial charge in [-0.25, -0.2) is 0 Å². The van der Waals surface area contributed by atoms with Gasteiger partial charge in [-0.05, 0) is 363 Å². The van der Waals surface area contributed by atoms with E-state index in [0.717, 1.165) is 131 Å². The van der Waals surface area contributed by atoms with Gasteiger partial charge in [0.25, 0.3) is 0 Å². The molecule has 0 saturated carbocycles. The highest BCUT2D eigenvalue weighted by molar-refractivity contribution is 6.33. The Morgan fingerprint density at radius 1 is 0.104 bits per heavy atom. The van der Waals surface area contributed by atoms with Crippen molar-refractivity contribution in [3.05, 3.63) is 509 Å². The zero-order valence-corrected chi connectivity index (χ0v) is 76.3. The van der Waals surface area contributed by atoms with Crippen molar-refractivity contribution >= 4 is 226 Å². The van der Waals surface area contributed by atoms with Crippen molar-refractivity contribution in [2.75, 3.05) is 0 Å². The van der Waals surface area contributed by atoms with E-state index >= 15 is 0 Å². The molecule has 0 aromatic heterocycles. The van der Waals surface area contributed by atoms with Gasteiger partial charge in [0.05, 0.1) is 38.4 Å². The third kappa shape index (κ3) is 12.4. The lowest BCUT2D eigenvalue weighted by molar-refractivity contribution is 1.60. The molecule has 33 aromatic rings. The molecular formula is C144H84. The molecule has 0 unspecified atom stereocenters. The molecule has 33 rings (SSSR count). The molecular weight excluding hydrogens is 1730 g/mol. The quantitative estimate of drug-likeness (QED) is 0.126. The van der Waals surface area contributed by atoms with Gasteiger partial charge in [0.2, 0.25) is 0 Å². The highest BCUT2D eigenvalue weighted by atomic mass is 14.3. The van der Waals surface area contributed by atoms with Crippen LogP contribution < -0.4 is 0 Å². The number of rotatable bonds is 9. The Kier molecular flexibility index (Phi) is 12.6. The van der Waals surface area contributed by atoms with Gasteiger partial charge in [-0.2, -0.15) is 0 Å². The second-order valence-corrected chi connectivity index (χ2v) is 37.5. The van der Waals surface area contributed by atoms with Gasteiger partial charge >= 0.3 is 0 Å². The van der Waals surface area contributed by atoms with Crippen LogP contribution in [0.3, 0.4) is 0 Å². The normalized spacial score (nSPS) is 14.9. The SMILES string of the molecule is [2H]c1c([2H])c(-c2ccc3ccccc3c2)c(-c2ccc3ccc4cccc5ccc2c3c45)c([2H])c1-c1ccc2ccc3cccc4ccc1c2c34.[2H]c1c([2H])c([2H])c2c([2H])c(-c3ccc(-c4ccc5ccc6cccc7ccc4c5c67)cc3-c3ccc4ccc5cccc6ccc3c4c56)c([2H])c([2H])c2c1[2H].[2H]c1c([2H])c2c([2H])c([2H])c3c([2H])c([2H])c(-c4ccc(-c5ccc6ccccc6c5)c(-c5c([2H])c([2H])c6c([2H])c([2H])c7c([2H])c([2H])c([2H])c8c([2H])c([2H])c5c6c78)c4)c4c([2H])c([2H])c(c1[2H])c2c34. The average Bonchev–Trinajstić information content (AvgIpc) is 0.680. The van der Waals surface area contributed by atoms with Crippen molar-refractivity contribution in [1.29, 1.82) is 0 Å². The van der Waals surface area contributed by atoms with E-state index in [2.05, 4.69) is 249 Å². The lowest BCUT2D eigenvalue weighted by atomic mass is 9.84. The van der Waals surface area contributed by atoms with E-state index in [1.54, 1.807) is 18.2 Å². The van der Waals surface area contributed by atoms with Gasteiger partial charge < -0.3 is 0 Å². The third-order valence-electron chi connectivity index (χ3n) is 29.9. The fraction of sp³-hybridized carbons (Fsp3) is 0. The van der Waals surface area contributed by atoms with Crippen LogP contribution in [0.1, 0.15) is 38.4 Å². The van der Waals surface area contributed by atoms with Gasteiger partial charge in [-0.1, -0.05) is 473 Å². The van der Waals surface area contributed by atoms with E-state index in [9.17, 15) is 17.8 Å². The summed E-state index contributed by atoms with van der Waals surface area (Å²) in [4.78, 5) is 0. The fourth-order valence-electron chi connectivity index (χ4n) is 23.3. The third-order valence-corrected chi connectivity index (χ3v) is 29.9. The number of hydrogen-bond acceptors (Lipinski definition) is 0. The van der Waals surface area contributed by atoms with Crippen LogP contribution in [0.15, 0.2) is 509 Å². The highest BCUT2D eigenvalue weighted by Crippen LogP contribution is 2.53. The van der Waals surface area contributed by atoms with Crippen molar-refractivity contribution in [2.24, 2.45) is 0 Å². The molecule has 0 aliphatic carbocycles. The smallest absolute Gasteiger partial charge is 0.0616 e. The summed E-state index contributed by atoms with van der Waals surface area (Å²) >= 11 is 0. The maximum Gasteiger partial charge on any atom is 0.0636 e. The molecule has 0 N–H and O–H groups in total. The average molecular weight is 1840 g/mol. The van der Waals surface area contributed by atoms with Gasteiger partial charge in [0.1, 0.15) is 0 Å². The minimum Gasteiger partial charge on any atom is -0.0616 e. The molecule has 0 heterocycles. The molecule has 0 nitrogen and oxygen atoms in total. The Hall–Kier alpha value is -18.7. The first kappa shape index (κ1) is 57.6. The van der Waals surface area contributed by atoms with Crippen molar-refractivity contribution < 1.29 is 38.4 Å². The summed E-state index contributed by atoms with van der Waals surface area (Å²) in [6, 6.07) is 104. The fourth-order valence-corrected chi connectivity index (χ4v) is 23.3. The van der Waals surface area contributed by atoms with Crippen LogP contribution in [0.2, 0.25) is 0 Å². The van der Waals surface area contributed by atoms with E-state index in [4.69, 9.17) is 20.6 Å². The number of fused-ring (bicyclic) bond motifs is 3. The summed E-state index contributed by atoms with van der Waals surface area (Å²) in [5, 5.41) is 29.7. The van der Waals surface area contributed by atoms with Crippen LogP contribution in [-0.2, 0) is 0 Å². The van der Waals surface area contributed by atoms with Gasteiger partial charge in [-0.3, -0.25) is 0 Å². The largest absolute Gasteiger partial charge is 0.0636 e. The highest BCUT2D eigenvalue weighted by Gasteiger charge is 2.26. The van der Waals surface area contributed by atoms with E-state index in [-0.39, 0.29) is 146 Å². The van der Waals surface area contributed by atoms with Crippen LogP contribution in [0.5, 0.6) is 0 Å². The molecule has 0 saturated heterocycles. The molecule has 0 fully saturated rings. The molecule has 0 radical (unpaired) electrons. The Labute approximate surface area is 869 Å². The molecule has 33 aromatic carbocycles. The Morgan fingerprint density at radius 3 is 0.840 bits per heavy atom. The first-order chi connectivity index (χ1) is 83.1. The van der Waals surface area contributed by atoms with Crippen molar-refractivity contribution in [3.63, 3.8) is 0 Å². The summed E-state index contributed by atoms with van der Waals surface area (Å²) < 4.78 is 255. The molecule has 0 atom stereocenters. The van der Waals surface area contributed by atoms with E-state index in [1.807, 2.05) is 72.8 Å². The summed E-state index contributed by atoms with van der Waals surface area (Å²) in [5.41, 5.74) is 9.87. The Bertz CT molecular complexity index is 12900. The van der Waals surface area contributed by atoms with E-state index in [1.165, 1.54) is 59.2 Å². The minimum absolute atomic E-state index is 0.00913. The predicted octanol–water partition coefficient (Wildman–Crippen LogP) is 40.9. The van der Waals surface area contributed by atoms with Crippen LogP contribution in [0.4, 0.5) is 0 Å². The lowest BCUT2D eigenvalue weighted by Crippen LogP contribution is -1.92. The molecule has 0 spiro atoms. The minimum atomic E-state index is -0.604. The van der Waals surface area contributed by atoms with Crippen molar-refractivity contribution in [2.45, 2.75) is 0 Å². The maximum absolute atomic E-state index is 10.2. The molecule has 0 heteroatoms. The molecule has 0 aliphatic heterocycles. The summed E-state index contributed by atoms with van der Waals surface area (Å²) in [7, 11) is 0. The molecule has 0 bridgehead atoms. The van der Waals surface area contributed by atoms with Crippen LogP contribution in [0.25, 0.3) is 326 Å². The van der Waals surface area contributed by atoms with Crippen LogP contribution in [-0.4, -0.2) is 0 Å². The molecule has 660 valence electrons. The zero-order chi connectivity index (χ0) is 118. The molecule has 0 amide bonds. The second-order valence-electron chi connectivity index (χ2n) is 37.5. The molecule has 0 aliphatic rings. The number of hydrogen-bond donors (Lipinski definition) is 0. The van der Waals surface area contributed by atoms with Gasteiger partial charge in [-0.15, -0.1) is 0 Å². The van der Waals surface area contributed by atoms with E-state index < -0.39 is 127 Å². The van der Waals surface area contributed by atoms with Gasteiger partial charge in [0.15, 0.2) is 0 Å². The van der Waals surface area contributed by atoms with Crippen LogP contribution in [0, 0.1) is 0 Å². The first-order valence-corrected chi connectivity index (χ1v) is 48.0. The Balaban J connectivity index is 0.000000112. The van der Waals surface area contributed by atoms with Gasteiger partial charge in [0, 0.05) is 0 Å². The second kappa shape index (κ2) is 31.4. The maximum atomic E-state index is 10.2. The summed E-state index contributed by atoms with van der Waals surface area (Å²) in [6.45, 7) is 0. The Morgan fingerprint density at radius 2 is 0.368 bits per heavy atom. The summed E-state index contributed by atoms with van der Waals surface area (Å²) in [6.07, 6.45) is 0. The number of benzene rings is 33.